The first-order valence-corrected chi connectivity index (χ1v) is 6.97. The van der Waals surface area contributed by atoms with Gasteiger partial charge in [-0.2, -0.15) is 0 Å². The summed E-state index contributed by atoms with van der Waals surface area (Å²) >= 11 is 5.97. The lowest BCUT2D eigenvalue weighted by molar-refractivity contribution is -0.121. The SMILES string of the molecule is CCN(CCO)C1CCN(c2cccc(Cl)c2)C1=O. The molecule has 0 radical (unpaired) electrons. The van der Waals surface area contributed by atoms with Crippen LogP contribution in [-0.2, 0) is 4.79 Å². The van der Waals surface area contributed by atoms with E-state index in [1.807, 2.05) is 30.0 Å². The smallest absolute Gasteiger partial charge is 0.244 e. The number of nitrogens with zero attached hydrogens (tertiary/aromatic N) is 2. The lowest BCUT2D eigenvalue weighted by atomic mass is 10.2. The van der Waals surface area contributed by atoms with E-state index in [1.54, 1.807) is 11.0 Å². The van der Waals surface area contributed by atoms with Gasteiger partial charge in [0.15, 0.2) is 0 Å². The van der Waals surface area contributed by atoms with Crippen molar-refractivity contribution in [2.45, 2.75) is 19.4 Å². The predicted molar refractivity (Wildman–Crippen MR) is 76.5 cm³/mol. The van der Waals surface area contributed by atoms with Crippen LogP contribution in [0.25, 0.3) is 0 Å². The van der Waals surface area contributed by atoms with Gasteiger partial charge in [0.05, 0.1) is 12.6 Å². The molecule has 1 heterocycles. The average molecular weight is 283 g/mol. The van der Waals surface area contributed by atoms with Crippen LogP contribution in [0.1, 0.15) is 13.3 Å². The molecule has 1 N–H and O–H groups in total. The molecule has 1 aliphatic rings. The van der Waals surface area contributed by atoms with E-state index in [-0.39, 0.29) is 18.6 Å². The van der Waals surface area contributed by atoms with Crippen LogP contribution in [0, 0.1) is 0 Å². The number of carbonyl (C=O) groups excluding carboxylic acids is 1. The first-order chi connectivity index (χ1) is 9.17. The molecule has 0 aliphatic carbocycles. The molecule has 19 heavy (non-hydrogen) atoms. The van der Waals surface area contributed by atoms with E-state index in [4.69, 9.17) is 16.7 Å². The molecule has 104 valence electrons. The molecule has 2 rings (SSSR count). The number of hydrogen-bond acceptors (Lipinski definition) is 3. The number of aliphatic hydroxyl groups excluding tert-OH is 1. The second-order valence-electron chi connectivity index (χ2n) is 4.63. The molecule has 1 aliphatic heterocycles. The first kappa shape index (κ1) is 14.3. The maximum atomic E-state index is 12.5. The third kappa shape index (κ3) is 3.08. The number of aliphatic hydroxyl groups is 1. The van der Waals surface area contributed by atoms with Crippen LogP contribution in [0.15, 0.2) is 24.3 Å². The van der Waals surface area contributed by atoms with Crippen molar-refractivity contribution in [3.8, 4) is 0 Å². The van der Waals surface area contributed by atoms with E-state index in [9.17, 15) is 4.79 Å². The Morgan fingerprint density at radius 3 is 2.95 bits per heavy atom. The van der Waals surface area contributed by atoms with E-state index >= 15 is 0 Å². The molecule has 0 bridgehead atoms. The van der Waals surface area contributed by atoms with E-state index in [0.29, 0.717) is 18.1 Å². The topological polar surface area (TPSA) is 43.8 Å². The van der Waals surface area contributed by atoms with E-state index < -0.39 is 0 Å². The number of hydrogen-bond donors (Lipinski definition) is 1. The van der Waals surface area contributed by atoms with Crippen molar-refractivity contribution in [3.05, 3.63) is 29.3 Å². The summed E-state index contributed by atoms with van der Waals surface area (Å²) in [5.41, 5.74) is 0.847. The van der Waals surface area contributed by atoms with Gasteiger partial charge in [-0.3, -0.25) is 9.69 Å². The summed E-state index contributed by atoms with van der Waals surface area (Å²) in [5.74, 6) is 0.0950. The molecular weight excluding hydrogens is 264 g/mol. The third-order valence-electron chi connectivity index (χ3n) is 3.53. The summed E-state index contributed by atoms with van der Waals surface area (Å²) < 4.78 is 0. The van der Waals surface area contributed by atoms with Gasteiger partial charge >= 0.3 is 0 Å². The van der Waals surface area contributed by atoms with Gasteiger partial charge in [-0.25, -0.2) is 0 Å². The average Bonchev–Trinajstić information content (AvgIpc) is 2.78. The Morgan fingerprint density at radius 1 is 1.53 bits per heavy atom. The number of halogens is 1. The monoisotopic (exact) mass is 282 g/mol. The summed E-state index contributed by atoms with van der Waals surface area (Å²) in [6.07, 6.45) is 0.791. The summed E-state index contributed by atoms with van der Waals surface area (Å²) in [5, 5.41) is 9.69. The fourth-order valence-corrected chi connectivity index (χ4v) is 2.75. The van der Waals surface area contributed by atoms with E-state index in [1.165, 1.54) is 0 Å². The highest BCUT2D eigenvalue weighted by Gasteiger charge is 2.35. The van der Waals surface area contributed by atoms with Gasteiger partial charge in [-0.1, -0.05) is 24.6 Å². The molecule has 0 spiro atoms. The van der Waals surface area contributed by atoms with Crippen molar-refractivity contribution >= 4 is 23.2 Å². The fourth-order valence-electron chi connectivity index (χ4n) is 2.57. The highest BCUT2D eigenvalue weighted by Crippen LogP contribution is 2.26. The molecule has 1 aromatic rings. The lowest BCUT2D eigenvalue weighted by Crippen LogP contribution is -2.43. The van der Waals surface area contributed by atoms with Gasteiger partial charge in [0.1, 0.15) is 0 Å². The van der Waals surface area contributed by atoms with Crippen LogP contribution >= 0.6 is 11.6 Å². The van der Waals surface area contributed by atoms with Gasteiger partial charge in [0.25, 0.3) is 0 Å². The molecule has 4 nitrogen and oxygen atoms in total. The normalized spacial score (nSPS) is 19.5. The standard InChI is InChI=1S/C14H19ClN2O2/c1-2-16(8-9-18)13-6-7-17(14(13)19)12-5-3-4-11(15)10-12/h3-5,10,13,18H,2,6-9H2,1H3. The highest BCUT2D eigenvalue weighted by molar-refractivity contribution is 6.30. The second kappa shape index (κ2) is 6.37. The van der Waals surface area contributed by atoms with Crippen LogP contribution in [0.4, 0.5) is 5.69 Å². The lowest BCUT2D eigenvalue weighted by Gasteiger charge is -2.25. The van der Waals surface area contributed by atoms with E-state index in [2.05, 4.69) is 0 Å². The number of amides is 1. The number of likely N-dealkylation sites (N-methyl/N-ethyl adjacent to an activating group) is 1. The number of anilines is 1. The molecule has 1 fully saturated rings. The molecule has 1 atom stereocenters. The van der Waals surface area contributed by atoms with Gasteiger partial charge in [-0.05, 0) is 31.2 Å². The van der Waals surface area contributed by atoms with Crippen LogP contribution < -0.4 is 4.90 Å². The molecule has 1 aromatic carbocycles. The molecule has 0 aromatic heterocycles. The number of rotatable bonds is 5. The third-order valence-corrected chi connectivity index (χ3v) is 3.77. The molecular formula is C14H19ClN2O2. The Bertz CT molecular complexity index is 453. The maximum Gasteiger partial charge on any atom is 0.244 e. The van der Waals surface area contributed by atoms with Crippen molar-refractivity contribution in [1.82, 2.24) is 4.90 Å². The molecule has 1 amide bonds. The minimum atomic E-state index is -0.129. The zero-order valence-electron chi connectivity index (χ0n) is 11.1. The van der Waals surface area contributed by atoms with E-state index in [0.717, 1.165) is 18.7 Å². The van der Waals surface area contributed by atoms with Crippen molar-refractivity contribution in [3.63, 3.8) is 0 Å². The van der Waals surface area contributed by atoms with Crippen molar-refractivity contribution < 1.29 is 9.90 Å². The Hall–Kier alpha value is -1.10. The fraction of sp³-hybridized carbons (Fsp3) is 0.500. The van der Waals surface area contributed by atoms with Crippen molar-refractivity contribution in [2.24, 2.45) is 0 Å². The van der Waals surface area contributed by atoms with Crippen molar-refractivity contribution in [1.29, 1.82) is 0 Å². The maximum absolute atomic E-state index is 12.5. The van der Waals surface area contributed by atoms with Gasteiger partial charge in [0, 0.05) is 23.8 Å². The summed E-state index contributed by atoms with van der Waals surface area (Å²) in [7, 11) is 0. The number of carbonyl (C=O) groups is 1. The Labute approximate surface area is 118 Å². The van der Waals surface area contributed by atoms with Gasteiger partial charge < -0.3 is 10.0 Å². The Morgan fingerprint density at radius 2 is 2.32 bits per heavy atom. The van der Waals surface area contributed by atoms with Crippen LogP contribution in [-0.4, -0.2) is 48.2 Å². The van der Waals surface area contributed by atoms with Crippen molar-refractivity contribution in [2.75, 3.05) is 31.1 Å². The first-order valence-electron chi connectivity index (χ1n) is 6.59. The molecule has 0 saturated carbocycles. The summed E-state index contributed by atoms with van der Waals surface area (Å²) in [6, 6.07) is 7.23. The predicted octanol–water partition coefficient (Wildman–Crippen LogP) is 1.76. The van der Waals surface area contributed by atoms with Crippen LogP contribution in [0.5, 0.6) is 0 Å². The molecule has 1 unspecified atom stereocenters. The Balaban J connectivity index is 2.13. The summed E-state index contributed by atoms with van der Waals surface area (Å²) in [6.45, 7) is 4.09. The Kier molecular flexibility index (Phi) is 4.80. The zero-order valence-corrected chi connectivity index (χ0v) is 11.8. The highest BCUT2D eigenvalue weighted by atomic mass is 35.5. The minimum Gasteiger partial charge on any atom is -0.395 e. The quantitative estimate of drug-likeness (QED) is 0.895. The zero-order chi connectivity index (χ0) is 13.8. The second-order valence-corrected chi connectivity index (χ2v) is 5.06. The van der Waals surface area contributed by atoms with Crippen LogP contribution in [0.2, 0.25) is 5.02 Å². The minimum absolute atomic E-state index is 0.0782. The summed E-state index contributed by atoms with van der Waals surface area (Å²) in [4.78, 5) is 16.2. The largest absolute Gasteiger partial charge is 0.395 e. The molecule has 5 heteroatoms. The number of benzene rings is 1. The molecule has 1 saturated heterocycles. The van der Waals surface area contributed by atoms with Crippen LogP contribution in [0.3, 0.4) is 0 Å². The van der Waals surface area contributed by atoms with Gasteiger partial charge in [-0.15, -0.1) is 0 Å². The van der Waals surface area contributed by atoms with Gasteiger partial charge in [0.2, 0.25) is 5.91 Å².